The first-order valence-electron chi connectivity index (χ1n) is 5.63. The Morgan fingerprint density at radius 1 is 1.37 bits per heavy atom. The Kier molecular flexibility index (Phi) is 6.14. The smallest absolute Gasteiger partial charge is 0.252 e. The maximum absolute atomic E-state index is 12.0. The van der Waals surface area contributed by atoms with Crippen LogP contribution in [0.3, 0.4) is 0 Å². The van der Waals surface area contributed by atoms with Crippen LogP contribution in [-0.2, 0) is 0 Å². The Morgan fingerprint density at radius 3 is 2.42 bits per heavy atom. The molecule has 0 aliphatic heterocycles. The van der Waals surface area contributed by atoms with Gasteiger partial charge in [0.2, 0.25) is 3.79 Å². The molecule has 0 aliphatic carbocycles. The van der Waals surface area contributed by atoms with Crippen molar-refractivity contribution in [3.8, 4) is 0 Å². The molecule has 1 amide bonds. The molecule has 1 aromatic carbocycles. The molecule has 0 aromatic heterocycles. The Bertz CT molecular complexity index is 440. The second-order valence-corrected chi connectivity index (χ2v) is 6.38. The summed E-state index contributed by atoms with van der Waals surface area (Å²) >= 11 is 17.4. The molecular weight excluding hydrogens is 307 g/mol. The predicted octanol–water partition coefficient (Wildman–Crippen LogP) is 3.20. The highest BCUT2D eigenvalue weighted by Gasteiger charge is 2.33. The van der Waals surface area contributed by atoms with Gasteiger partial charge in [0.15, 0.2) is 0 Å². The SMILES string of the molecule is C=CCNC(NC(=O)c1ccc(C)cc1)C(Cl)(Cl)Cl. The summed E-state index contributed by atoms with van der Waals surface area (Å²) in [5.41, 5.74) is 1.57. The number of alkyl halides is 3. The number of hydrogen-bond acceptors (Lipinski definition) is 2. The van der Waals surface area contributed by atoms with Crippen LogP contribution in [0.15, 0.2) is 36.9 Å². The maximum Gasteiger partial charge on any atom is 0.252 e. The Balaban J connectivity index is 2.75. The van der Waals surface area contributed by atoms with Crippen LogP contribution >= 0.6 is 34.8 Å². The number of carbonyl (C=O) groups is 1. The van der Waals surface area contributed by atoms with Gasteiger partial charge < -0.3 is 5.32 Å². The Labute approximate surface area is 127 Å². The van der Waals surface area contributed by atoms with Gasteiger partial charge >= 0.3 is 0 Å². The van der Waals surface area contributed by atoms with E-state index in [2.05, 4.69) is 17.2 Å². The van der Waals surface area contributed by atoms with Crippen molar-refractivity contribution in [2.45, 2.75) is 16.9 Å². The summed E-state index contributed by atoms with van der Waals surface area (Å²) in [6.07, 6.45) is 0.811. The van der Waals surface area contributed by atoms with Gasteiger partial charge in [-0.05, 0) is 19.1 Å². The van der Waals surface area contributed by atoms with Gasteiger partial charge in [0.1, 0.15) is 6.17 Å². The molecule has 19 heavy (non-hydrogen) atoms. The summed E-state index contributed by atoms with van der Waals surface area (Å²) in [7, 11) is 0. The molecule has 1 rings (SSSR count). The van der Waals surface area contributed by atoms with Gasteiger partial charge in [-0.15, -0.1) is 6.58 Å². The summed E-state index contributed by atoms with van der Waals surface area (Å²) in [4.78, 5) is 12.0. The van der Waals surface area contributed by atoms with Gasteiger partial charge in [-0.25, -0.2) is 0 Å². The Morgan fingerprint density at radius 2 is 1.95 bits per heavy atom. The van der Waals surface area contributed by atoms with Crippen molar-refractivity contribution in [3.63, 3.8) is 0 Å². The van der Waals surface area contributed by atoms with E-state index in [9.17, 15) is 4.79 Å². The highest BCUT2D eigenvalue weighted by molar-refractivity contribution is 6.68. The van der Waals surface area contributed by atoms with E-state index in [0.717, 1.165) is 5.56 Å². The molecule has 0 bridgehead atoms. The van der Waals surface area contributed by atoms with Crippen LogP contribution in [0.4, 0.5) is 0 Å². The number of amides is 1. The van der Waals surface area contributed by atoms with E-state index in [0.29, 0.717) is 12.1 Å². The van der Waals surface area contributed by atoms with Crippen molar-refractivity contribution >= 4 is 40.7 Å². The highest BCUT2D eigenvalue weighted by Crippen LogP contribution is 2.29. The lowest BCUT2D eigenvalue weighted by Gasteiger charge is -2.26. The van der Waals surface area contributed by atoms with Gasteiger partial charge in [-0.2, -0.15) is 0 Å². The van der Waals surface area contributed by atoms with E-state index < -0.39 is 9.96 Å². The van der Waals surface area contributed by atoms with Gasteiger partial charge in [0, 0.05) is 12.1 Å². The number of aryl methyl sites for hydroxylation is 1. The third-order valence-corrected chi connectivity index (χ3v) is 3.04. The average molecular weight is 322 g/mol. The number of nitrogens with one attached hydrogen (secondary N) is 2. The first-order chi connectivity index (χ1) is 8.84. The van der Waals surface area contributed by atoms with E-state index >= 15 is 0 Å². The van der Waals surface area contributed by atoms with Crippen molar-refractivity contribution in [1.29, 1.82) is 0 Å². The van der Waals surface area contributed by atoms with E-state index in [4.69, 9.17) is 34.8 Å². The summed E-state index contributed by atoms with van der Waals surface area (Å²) in [5, 5.41) is 5.51. The molecule has 6 heteroatoms. The number of carbonyl (C=O) groups excluding carboxylic acids is 1. The summed E-state index contributed by atoms with van der Waals surface area (Å²) < 4.78 is -1.65. The van der Waals surface area contributed by atoms with E-state index in [1.165, 1.54) is 0 Å². The molecule has 3 nitrogen and oxygen atoms in total. The first-order valence-corrected chi connectivity index (χ1v) is 6.76. The van der Waals surface area contributed by atoms with Gasteiger partial charge in [0.05, 0.1) is 0 Å². The number of rotatable bonds is 5. The highest BCUT2D eigenvalue weighted by atomic mass is 35.6. The molecular formula is C13H15Cl3N2O. The van der Waals surface area contributed by atoms with Crippen LogP contribution in [0.25, 0.3) is 0 Å². The van der Waals surface area contributed by atoms with Crippen LogP contribution in [0.1, 0.15) is 15.9 Å². The van der Waals surface area contributed by atoms with Crippen molar-refractivity contribution in [1.82, 2.24) is 10.6 Å². The molecule has 104 valence electrons. The van der Waals surface area contributed by atoms with Crippen molar-refractivity contribution < 1.29 is 4.79 Å². The van der Waals surface area contributed by atoms with E-state index in [1.54, 1.807) is 18.2 Å². The number of benzene rings is 1. The zero-order valence-electron chi connectivity index (χ0n) is 10.4. The van der Waals surface area contributed by atoms with Crippen LogP contribution in [0, 0.1) is 6.92 Å². The van der Waals surface area contributed by atoms with Crippen LogP contribution < -0.4 is 10.6 Å². The van der Waals surface area contributed by atoms with Gasteiger partial charge in [0.25, 0.3) is 5.91 Å². The quantitative estimate of drug-likeness (QED) is 0.497. The van der Waals surface area contributed by atoms with E-state index in [1.807, 2.05) is 19.1 Å². The third kappa shape index (κ3) is 5.41. The molecule has 0 saturated heterocycles. The molecule has 0 heterocycles. The lowest BCUT2D eigenvalue weighted by molar-refractivity contribution is 0.0930. The van der Waals surface area contributed by atoms with Crippen LogP contribution in [0.2, 0.25) is 0 Å². The largest absolute Gasteiger partial charge is 0.333 e. The molecule has 0 aliphatic rings. The first kappa shape index (κ1) is 16.3. The fourth-order valence-electron chi connectivity index (χ4n) is 1.37. The zero-order valence-corrected chi connectivity index (χ0v) is 12.7. The van der Waals surface area contributed by atoms with Crippen molar-refractivity contribution in [2.24, 2.45) is 0 Å². The van der Waals surface area contributed by atoms with Gasteiger partial charge in [-0.1, -0.05) is 58.6 Å². The summed E-state index contributed by atoms with van der Waals surface area (Å²) in [6, 6.07) is 7.12. The van der Waals surface area contributed by atoms with Crippen molar-refractivity contribution in [3.05, 3.63) is 48.0 Å². The number of halogens is 3. The second kappa shape index (κ2) is 7.15. The monoisotopic (exact) mass is 320 g/mol. The minimum Gasteiger partial charge on any atom is -0.333 e. The van der Waals surface area contributed by atoms with E-state index in [-0.39, 0.29) is 5.91 Å². The molecule has 1 atom stereocenters. The predicted molar refractivity (Wildman–Crippen MR) is 80.9 cm³/mol. The molecule has 1 aromatic rings. The summed E-state index contributed by atoms with van der Waals surface area (Å²) in [6.45, 7) is 5.91. The second-order valence-electron chi connectivity index (χ2n) is 4.01. The lowest BCUT2D eigenvalue weighted by Crippen LogP contribution is -2.53. The molecule has 2 N–H and O–H groups in total. The van der Waals surface area contributed by atoms with Gasteiger partial charge in [-0.3, -0.25) is 10.1 Å². The Hall–Kier alpha value is -0.740. The fourth-order valence-corrected chi connectivity index (χ4v) is 1.76. The van der Waals surface area contributed by atoms with Crippen molar-refractivity contribution in [2.75, 3.05) is 6.54 Å². The third-order valence-electron chi connectivity index (χ3n) is 2.38. The minimum atomic E-state index is -1.65. The maximum atomic E-state index is 12.0. The molecule has 0 saturated carbocycles. The molecule has 1 unspecified atom stereocenters. The topological polar surface area (TPSA) is 41.1 Å². The fraction of sp³-hybridized carbons (Fsp3) is 0.308. The zero-order chi connectivity index (χ0) is 14.5. The normalized spacial score (nSPS) is 12.8. The standard InChI is InChI=1S/C13H15Cl3N2O/c1-3-8-17-12(13(14,15)16)18-11(19)10-6-4-9(2)5-7-10/h3-7,12,17H,1,8H2,2H3,(H,18,19). The minimum absolute atomic E-state index is 0.312. The average Bonchev–Trinajstić information content (AvgIpc) is 2.33. The molecule has 0 fully saturated rings. The number of hydrogen-bond donors (Lipinski definition) is 2. The van der Waals surface area contributed by atoms with Crippen LogP contribution in [-0.4, -0.2) is 22.4 Å². The molecule has 0 spiro atoms. The lowest BCUT2D eigenvalue weighted by atomic mass is 10.1. The summed E-state index contributed by atoms with van der Waals surface area (Å²) in [5.74, 6) is -0.312. The van der Waals surface area contributed by atoms with Crippen LogP contribution in [0.5, 0.6) is 0 Å². The molecule has 0 radical (unpaired) electrons.